The van der Waals surface area contributed by atoms with E-state index in [0.29, 0.717) is 6.04 Å². The number of hydrogen-bond acceptors (Lipinski definition) is 3. The maximum absolute atomic E-state index is 5.30. The fourth-order valence-corrected chi connectivity index (χ4v) is 1.74. The van der Waals surface area contributed by atoms with Crippen LogP contribution in [0.4, 0.5) is 0 Å². The number of ether oxygens (including phenoxy) is 1. The van der Waals surface area contributed by atoms with Crippen LogP contribution in [0.5, 0.6) is 0 Å². The summed E-state index contributed by atoms with van der Waals surface area (Å²) in [6.45, 7) is 11.7. The van der Waals surface area contributed by atoms with E-state index >= 15 is 0 Å². The minimum Gasteiger partial charge on any atom is -0.382 e. The minimum absolute atomic E-state index is 0.624. The zero-order valence-electron chi connectivity index (χ0n) is 12.3. The van der Waals surface area contributed by atoms with Crippen molar-refractivity contribution in [3.8, 4) is 0 Å². The largest absolute Gasteiger partial charge is 0.382 e. The Hall–Kier alpha value is -0.120. The highest BCUT2D eigenvalue weighted by atomic mass is 16.5. The van der Waals surface area contributed by atoms with Gasteiger partial charge in [0.25, 0.3) is 0 Å². The molecule has 1 unspecified atom stereocenters. The second kappa shape index (κ2) is 12.3. The van der Waals surface area contributed by atoms with Crippen molar-refractivity contribution in [2.45, 2.75) is 52.5 Å². The second-order valence-corrected chi connectivity index (χ2v) is 4.79. The zero-order chi connectivity index (χ0) is 12.9. The van der Waals surface area contributed by atoms with Gasteiger partial charge in [-0.05, 0) is 46.8 Å². The third-order valence-electron chi connectivity index (χ3n) is 3.15. The van der Waals surface area contributed by atoms with E-state index in [4.69, 9.17) is 4.74 Å². The molecule has 3 nitrogen and oxygen atoms in total. The van der Waals surface area contributed by atoms with Crippen LogP contribution in [0.15, 0.2) is 0 Å². The Morgan fingerprint density at radius 1 is 1.18 bits per heavy atom. The highest BCUT2D eigenvalue weighted by Gasteiger charge is 2.07. The van der Waals surface area contributed by atoms with E-state index in [2.05, 4.69) is 31.1 Å². The van der Waals surface area contributed by atoms with E-state index in [9.17, 15) is 0 Å². The summed E-state index contributed by atoms with van der Waals surface area (Å²) in [5.41, 5.74) is 0. The van der Waals surface area contributed by atoms with Gasteiger partial charge in [0.15, 0.2) is 0 Å². The van der Waals surface area contributed by atoms with Crippen molar-refractivity contribution in [1.29, 1.82) is 0 Å². The van der Waals surface area contributed by atoms with E-state index in [1.54, 1.807) is 0 Å². The molecule has 1 atom stereocenters. The molecule has 0 fully saturated rings. The fourth-order valence-electron chi connectivity index (χ4n) is 1.74. The van der Waals surface area contributed by atoms with Gasteiger partial charge in [0.05, 0.1) is 0 Å². The first-order chi connectivity index (χ1) is 8.22. The van der Waals surface area contributed by atoms with Gasteiger partial charge in [-0.2, -0.15) is 0 Å². The molecule has 0 bridgehead atoms. The van der Waals surface area contributed by atoms with Gasteiger partial charge in [-0.3, -0.25) is 0 Å². The van der Waals surface area contributed by atoms with Gasteiger partial charge >= 0.3 is 0 Å². The molecule has 0 heterocycles. The summed E-state index contributed by atoms with van der Waals surface area (Å²) in [5.74, 6) is 0. The van der Waals surface area contributed by atoms with Crippen LogP contribution in [0.3, 0.4) is 0 Å². The van der Waals surface area contributed by atoms with Gasteiger partial charge in [-0.15, -0.1) is 0 Å². The van der Waals surface area contributed by atoms with Gasteiger partial charge in [-0.25, -0.2) is 0 Å². The predicted molar refractivity (Wildman–Crippen MR) is 75.6 cm³/mol. The van der Waals surface area contributed by atoms with Gasteiger partial charge in [0.2, 0.25) is 0 Å². The Bertz CT molecular complexity index is 153. The average Bonchev–Trinajstić information content (AvgIpc) is 2.33. The Balaban J connectivity index is 3.34. The highest BCUT2D eigenvalue weighted by molar-refractivity contribution is 4.66. The Morgan fingerprint density at radius 3 is 2.59 bits per heavy atom. The van der Waals surface area contributed by atoms with Gasteiger partial charge < -0.3 is 15.0 Å². The maximum Gasteiger partial charge on any atom is 0.0477 e. The normalized spacial score (nSPS) is 13.2. The number of rotatable bonds is 12. The summed E-state index contributed by atoms with van der Waals surface area (Å²) in [5, 5.41) is 3.49. The molecule has 0 aliphatic heterocycles. The summed E-state index contributed by atoms with van der Waals surface area (Å²) in [7, 11) is 2.22. The van der Waals surface area contributed by atoms with Gasteiger partial charge in [0.1, 0.15) is 0 Å². The van der Waals surface area contributed by atoms with E-state index < -0.39 is 0 Å². The molecule has 3 heteroatoms. The number of nitrogens with one attached hydrogen (secondary N) is 1. The maximum atomic E-state index is 5.30. The lowest BCUT2D eigenvalue weighted by atomic mass is 10.2. The topological polar surface area (TPSA) is 24.5 Å². The Kier molecular flexibility index (Phi) is 12.3. The molecule has 0 aromatic carbocycles. The zero-order valence-corrected chi connectivity index (χ0v) is 12.3. The van der Waals surface area contributed by atoms with Crippen molar-refractivity contribution in [3.05, 3.63) is 0 Å². The third kappa shape index (κ3) is 10.7. The van der Waals surface area contributed by atoms with Crippen LogP contribution in [0.1, 0.15) is 46.5 Å². The molecule has 0 saturated heterocycles. The molecule has 0 aromatic heterocycles. The smallest absolute Gasteiger partial charge is 0.0477 e. The van der Waals surface area contributed by atoms with Crippen molar-refractivity contribution < 1.29 is 4.74 Å². The molecule has 0 aliphatic carbocycles. The van der Waals surface area contributed by atoms with Crippen LogP contribution in [0.2, 0.25) is 0 Å². The van der Waals surface area contributed by atoms with E-state index in [1.807, 2.05) is 6.92 Å². The van der Waals surface area contributed by atoms with Crippen LogP contribution >= 0.6 is 0 Å². The van der Waals surface area contributed by atoms with Crippen LogP contribution in [-0.2, 0) is 4.74 Å². The molecule has 17 heavy (non-hydrogen) atoms. The number of hydrogen-bond donors (Lipinski definition) is 1. The van der Waals surface area contributed by atoms with Gasteiger partial charge in [0, 0.05) is 25.8 Å². The molecule has 0 saturated carbocycles. The van der Waals surface area contributed by atoms with Crippen LogP contribution in [-0.4, -0.2) is 50.8 Å². The average molecular weight is 244 g/mol. The van der Waals surface area contributed by atoms with Crippen molar-refractivity contribution in [3.63, 3.8) is 0 Å². The van der Waals surface area contributed by atoms with Crippen molar-refractivity contribution in [2.75, 3.05) is 39.9 Å². The Labute approximate surface area is 108 Å². The number of likely N-dealkylation sites (N-methyl/N-ethyl adjacent to an activating group) is 1. The molecule has 0 rings (SSSR count). The van der Waals surface area contributed by atoms with Crippen molar-refractivity contribution in [1.82, 2.24) is 10.2 Å². The molecule has 0 amide bonds. The van der Waals surface area contributed by atoms with Crippen LogP contribution < -0.4 is 5.32 Å². The molecule has 0 spiro atoms. The molecule has 104 valence electrons. The monoisotopic (exact) mass is 244 g/mol. The molecule has 0 aliphatic rings. The Morgan fingerprint density at radius 2 is 1.94 bits per heavy atom. The quantitative estimate of drug-likeness (QED) is 0.534. The lowest BCUT2D eigenvalue weighted by Crippen LogP contribution is -2.38. The first-order valence-electron chi connectivity index (χ1n) is 7.21. The van der Waals surface area contributed by atoms with E-state index in [0.717, 1.165) is 32.7 Å². The first kappa shape index (κ1) is 16.9. The minimum atomic E-state index is 0.624. The summed E-state index contributed by atoms with van der Waals surface area (Å²) >= 11 is 0. The summed E-state index contributed by atoms with van der Waals surface area (Å²) in [4.78, 5) is 2.45. The van der Waals surface area contributed by atoms with E-state index in [1.165, 1.54) is 25.8 Å². The standard InChI is InChI=1S/C14H32N2O/c1-5-7-8-11-16(4)14(3)13-15-10-9-12-17-6-2/h14-15H,5-13H2,1-4H3. The molecular formula is C14H32N2O. The SMILES string of the molecule is CCCCCN(C)C(C)CNCCCOCC. The van der Waals surface area contributed by atoms with Crippen molar-refractivity contribution >= 4 is 0 Å². The first-order valence-corrected chi connectivity index (χ1v) is 7.21. The fraction of sp³-hybridized carbons (Fsp3) is 1.00. The second-order valence-electron chi connectivity index (χ2n) is 4.79. The van der Waals surface area contributed by atoms with Crippen LogP contribution in [0, 0.1) is 0 Å². The summed E-state index contributed by atoms with van der Waals surface area (Å²) < 4.78 is 5.30. The predicted octanol–water partition coefficient (Wildman–Crippen LogP) is 2.51. The lowest BCUT2D eigenvalue weighted by molar-refractivity contribution is 0.144. The van der Waals surface area contributed by atoms with Crippen LogP contribution in [0.25, 0.3) is 0 Å². The van der Waals surface area contributed by atoms with Gasteiger partial charge in [-0.1, -0.05) is 19.8 Å². The van der Waals surface area contributed by atoms with E-state index in [-0.39, 0.29) is 0 Å². The molecular weight excluding hydrogens is 212 g/mol. The number of unbranched alkanes of at least 4 members (excludes halogenated alkanes) is 2. The highest BCUT2D eigenvalue weighted by Crippen LogP contribution is 2.00. The summed E-state index contributed by atoms with van der Waals surface area (Å²) in [6.07, 6.45) is 5.08. The molecule has 1 N–H and O–H groups in total. The lowest BCUT2D eigenvalue weighted by Gasteiger charge is -2.25. The third-order valence-corrected chi connectivity index (χ3v) is 3.15. The molecule has 0 aromatic rings. The summed E-state index contributed by atoms with van der Waals surface area (Å²) in [6, 6.07) is 0.624. The number of nitrogens with zero attached hydrogens (tertiary/aromatic N) is 1. The molecule has 0 radical (unpaired) electrons. The van der Waals surface area contributed by atoms with Crippen molar-refractivity contribution in [2.24, 2.45) is 0 Å².